The fraction of sp³-hybridized carbons (Fsp3) is 0.773. The summed E-state index contributed by atoms with van der Waals surface area (Å²) in [6, 6.07) is 1.12. The maximum atomic E-state index is 13.6. The third kappa shape index (κ3) is 4.90. The molecular weight excluding hydrogens is 396 g/mol. The summed E-state index contributed by atoms with van der Waals surface area (Å²) >= 11 is 0. The Morgan fingerprint density at radius 3 is 2.61 bits per heavy atom. The standard InChI is InChI=1S/C22H34N6O3/c1-21(2,3)18(20(31)27-13-16(29)10-17(27)19(30)24-4)28-12-15(25-26-28)11-22(14-23)8-6-5-7-9-22/h12,16-18,29H,5-11,13H2,1-4H3,(H,24,30)/t16?,17-,18?/m1/s1. The van der Waals surface area contributed by atoms with Gasteiger partial charge in [-0.1, -0.05) is 45.2 Å². The van der Waals surface area contributed by atoms with Gasteiger partial charge in [-0.25, -0.2) is 4.68 Å². The lowest BCUT2D eigenvalue weighted by atomic mass is 9.72. The third-order valence-electron chi connectivity index (χ3n) is 6.55. The number of carbonyl (C=O) groups is 2. The average Bonchev–Trinajstić information content (AvgIpc) is 3.33. The van der Waals surface area contributed by atoms with E-state index in [1.807, 2.05) is 20.8 Å². The lowest BCUT2D eigenvalue weighted by Crippen LogP contribution is -2.49. The lowest BCUT2D eigenvalue weighted by molar-refractivity contribution is -0.144. The average molecular weight is 431 g/mol. The summed E-state index contributed by atoms with van der Waals surface area (Å²) in [4.78, 5) is 27.3. The van der Waals surface area contributed by atoms with Gasteiger partial charge in [0, 0.05) is 32.6 Å². The number of likely N-dealkylation sites (N-methyl/N-ethyl adjacent to an activating group) is 1. The number of aromatic nitrogens is 3. The van der Waals surface area contributed by atoms with Gasteiger partial charge in [0.15, 0.2) is 0 Å². The Hall–Kier alpha value is -2.47. The van der Waals surface area contributed by atoms with Crippen molar-refractivity contribution in [3.8, 4) is 6.07 Å². The van der Waals surface area contributed by atoms with Gasteiger partial charge in [0.2, 0.25) is 11.8 Å². The van der Waals surface area contributed by atoms with E-state index in [0.29, 0.717) is 12.1 Å². The first-order chi connectivity index (χ1) is 14.6. The third-order valence-corrected chi connectivity index (χ3v) is 6.55. The number of aliphatic hydroxyl groups excluding tert-OH is 1. The fourth-order valence-electron chi connectivity index (χ4n) is 4.93. The first-order valence-corrected chi connectivity index (χ1v) is 11.1. The zero-order chi connectivity index (χ0) is 22.8. The Morgan fingerprint density at radius 2 is 2.03 bits per heavy atom. The number of nitrogens with one attached hydrogen (secondary N) is 1. The minimum absolute atomic E-state index is 0.114. The van der Waals surface area contributed by atoms with Crippen molar-refractivity contribution in [3.05, 3.63) is 11.9 Å². The van der Waals surface area contributed by atoms with Crippen LogP contribution in [-0.2, 0) is 16.0 Å². The topological polar surface area (TPSA) is 124 Å². The molecule has 2 aliphatic rings. The number of nitriles is 1. The van der Waals surface area contributed by atoms with Crippen molar-refractivity contribution in [1.82, 2.24) is 25.2 Å². The Morgan fingerprint density at radius 1 is 1.35 bits per heavy atom. The molecule has 3 atom stereocenters. The second-order valence-electron chi connectivity index (χ2n) is 10.1. The molecule has 1 aromatic heterocycles. The molecule has 0 radical (unpaired) electrons. The fourth-order valence-corrected chi connectivity index (χ4v) is 4.93. The molecule has 1 aromatic rings. The highest BCUT2D eigenvalue weighted by molar-refractivity contribution is 5.90. The van der Waals surface area contributed by atoms with Gasteiger partial charge in [0.05, 0.1) is 23.3 Å². The van der Waals surface area contributed by atoms with E-state index < -0.39 is 29.0 Å². The number of nitrogens with zero attached hydrogens (tertiary/aromatic N) is 5. The van der Waals surface area contributed by atoms with Crippen molar-refractivity contribution in [2.45, 2.75) is 83.9 Å². The van der Waals surface area contributed by atoms with Gasteiger partial charge >= 0.3 is 0 Å². The molecule has 1 saturated heterocycles. The molecule has 9 nitrogen and oxygen atoms in total. The van der Waals surface area contributed by atoms with Crippen LogP contribution in [0.5, 0.6) is 0 Å². The molecular formula is C22H34N6O3. The number of carbonyl (C=O) groups excluding carboxylic acids is 2. The lowest BCUT2D eigenvalue weighted by Gasteiger charge is -2.34. The molecule has 170 valence electrons. The van der Waals surface area contributed by atoms with Crippen molar-refractivity contribution in [2.24, 2.45) is 10.8 Å². The molecule has 0 aromatic carbocycles. The maximum Gasteiger partial charge on any atom is 0.248 e. The van der Waals surface area contributed by atoms with Crippen LogP contribution in [0.1, 0.15) is 71.0 Å². The van der Waals surface area contributed by atoms with Crippen LogP contribution in [0.2, 0.25) is 0 Å². The van der Waals surface area contributed by atoms with E-state index in [1.165, 1.54) is 11.9 Å². The van der Waals surface area contributed by atoms with E-state index in [-0.39, 0.29) is 24.8 Å². The van der Waals surface area contributed by atoms with Crippen LogP contribution in [0.3, 0.4) is 0 Å². The molecule has 9 heteroatoms. The summed E-state index contributed by atoms with van der Waals surface area (Å²) in [5, 5.41) is 31.0. The van der Waals surface area contributed by atoms with Crippen LogP contribution >= 0.6 is 0 Å². The Balaban J connectivity index is 1.86. The second-order valence-corrected chi connectivity index (χ2v) is 10.1. The number of aliphatic hydroxyl groups is 1. The molecule has 2 heterocycles. The van der Waals surface area contributed by atoms with Crippen LogP contribution in [0.15, 0.2) is 6.20 Å². The van der Waals surface area contributed by atoms with Gasteiger partial charge in [-0.15, -0.1) is 5.10 Å². The Kier molecular flexibility index (Phi) is 6.70. The van der Waals surface area contributed by atoms with Crippen molar-refractivity contribution in [1.29, 1.82) is 5.26 Å². The monoisotopic (exact) mass is 430 g/mol. The molecule has 2 N–H and O–H groups in total. The smallest absolute Gasteiger partial charge is 0.248 e. The summed E-state index contributed by atoms with van der Waals surface area (Å²) in [7, 11) is 1.52. The normalized spacial score (nSPS) is 24.5. The Labute approximate surface area is 183 Å². The zero-order valence-electron chi connectivity index (χ0n) is 19.0. The van der Waals surface area contributed by atoms with E-state index in [0.717, 1.165) is 32.1 Å². The Bertz CT molecular complexity index is 846. The number of β-amino-alcohol motifs (C(OH)–C–C–N with tert-alkyl or cyclic N) is 1. The van der Waals surface area contributed by atoms with Crippen molar-refractivity contribution < 1.29 is 14.7 Å². The van der Waals surface area contributed by atoms with Crippen LogP contribution < -0.4 is 5.32 Å². The van der Waals surface area contributed by atoms with Gasteiger partial charge in [0.1, 0.15) is 12.1 Å². The van der Waals surface area contributed by atoms with Crippen LogP contribution in [0.25, 0.3) is 0 Å². The number of hydrogen-bond donors (Lipinski definition) is 2. The summed E-state index contributed by atoms with van der Waals surface area (Å²) in [6.45, 7) is 5.94. The van der Waals surface area contributed by atoms with E-state index in [1.54, 1.807) is 10.9 Å². The van der Waals surface area contributed by atoms with Gasteiger partial charge < -0.3 is 15.3 Å². The molecule has 1 saturated carbocycles. The zero-order valence-corrected chi connectivity index (χ0v) is 19.0. The van der Waals surface area contributed by atoms with E-state index in [9.17, 15) is 20.0 Å². The van der Waals surface area contributed by atoms with Crippen LogP contribution in [0.4, 0.5) is 0 Å². The first kappa shape index (κ1) is 23.2. The molecule has 0 bridgehead atoms. The summed E-state index contributed by atoms with van der Waals surface area (Å²) < 4.78 is 1.57. The largest absolute Gasteiger partial charge is 0.391 e. The van der Waals surface area contributed by atoms with Crippen LogP contribution in [-0.4, -0.2) is 62.6 Å². The van der Waals surface area contributed by atoms with E-state index in [4.69, 9.17) is 0 Å². The highest BCUT2D eigenvalue weighted by Gasteiger charge is 2.45. The molecule has 31 heavy (non-hydrogen) atoms. The minimum atomic E-state index is -0.736. The first-order valence-electron chi connectivity index (χ1n) is 11.1. The van der Waals surface area contributed by atoms with E-state index in [2.05, 4.69) is 21.7 Å². The van der Waals surface area contributed by atoms with Crippen molar-refractivity contribution in [2.75, 3.05) is 13.6 Å². The van der Waals surface area contributed by atoms with Crippen molar-refractivity contribution >= 4 is 11.8 Å². The molecule has 2 amide bonds. The SMILES string of the molecule is CNC(=O)[C@H]1CC(O)CN1C(=O)C(n1cc(CC2(C#N)CCCCC2)nn1)C(C)(C)C. The molecule has 0 spiro atoms. The predicted octanol–water partition coefficient (Wildman–Crippen LogP) is 1.59. The quantitative estimate of drug-likeness (QED) is 0.731. The van der Waals surface area contributed by atoms with Crippen LogP contribution in [0, 0.1) is 22.2 Å². The maximum absolute atomic E-state index is 13.6. The minimum Gasteiger partial charge on any atom is -0.391 e. The molecule has 2 unspecified atom stereocenters. The molecule has 1 aliphatic heterocycles. The van der Waals surface area contributed by atoms with Gasteiger partial charge in [-0.3, -0.25) is 9.59 Å². The summed E-state index contributed by atoms with van der Waals surface area (Å²) in [5.74, 6) is -0.549. The molecule has 2 fully saturated rings. The second kappa shape index (κ2) is 8.95. The number of hydrogen-bond acceptors (Lipinski definition) is 6. The van der Waals surface area contributed by atoms with Gasteiger partial charge in [-0.2, -0.15) is 5.26 Å². The summed E-state index contributed by atoms with van der Waals surface area (Å²) in [5.41, 5.74) is -0.209. The number of likely N-dealkylation sites (tertiary alicyclic amines) is 1. The molecule has 3 rings (SSSR count). The summed E-state index contributed by atoms with van der Waals surface area (Å²) in [6.07, 6.45) is 6.74. The predicted molar refractivity (Wildman–Crippen MR) is 114 cm³/mol. The van der Waals surface area contributed by atoms with Gasteiger partial charge in [-0.05, 0) is 18.3 Å². The number of rotatable bonds is 5. The van der Waals surface area contributed by atoms with E-state index >= 15 is 0 Å². The van der Waals surface area contributed by atoms with Gasteiger partial charge in [0.25, 0.3) is 0 Å². The highest BCUT2D eigenvalue weighted by atomic mass is 16.3. The highest BCUT2D eigenvalue weighted by Crippen LogP contribution is 2.39. The van der Waals surface area contributed by atoms with Crippen molar-refractivity contribution in [3.63, 3.8) is 0 Å². The number of amides is 2. The molecule has 1 aliphatic carbocycles.